The fourth-order valence-electron chi connectivity index (χ4n) is 7.81. The van der Waals surface area contributed by atoms with Crippen molar-refractivity contribution in [3.63, 3.8) is 0 Å². The normalized spacial score (nSPS) is 13.8. The fraction of sp³-hybridized carbons (Fsp3) is 0.182. The molecule has 0 spiro atoms. The van der Waals surface area contributed by atoms with E-state index in [1.165, 1.54) is 55.2 Å². The van der Waals surface area contributed by atoms with Gasteiger partial charge in [-0.05, 0) is 101 Å². The molecule has 6 heterocycles. The topological polar surface area (TPSA) is 230 Å². The average molecular weight is 1140 g/mol. The van der Waals surface area contributed by atoms with E-state index >= 15 is 0 Å². The lowest BCUT2D eigenvalue weighted by atomic mass is 10.1. The Labute approximate surface area is 430 Å². The molecular formula is C44H30F12N14O6S2. The second-order valence-electron chi connectivity index (χ2n) is 16.3. The molecule has 2 aliphatic rings. The van der Waals surface area contributed by atoms with Crippen LogP contribution in [0.4, 0.5) is 87.1 Å². The van der Waals surface area contributed by atoms with Gasteiger partial charge in [0.2, 0.25) is 5.82 Å². The van der Waals surface area contributed by atoms with Gasteiger partial charge in [-0.1, -0.05) is 24.3 Å². The van der Waals surface area contributed by atoms with Crippen molar-refractivity contribution in [2.45, 2.75) is 48.0 Å². The third kappa shape index (κ3) is 11.2. The quantitative estimate of drug-likeness (QED) is 0.135. The van der Waals surface area contributed by atoms with Gasteiger partial charge in [-0.15, -0.1) is 41.6 Å². The minimum absolute atomic E-state index is 0.0140. The van der Waals surface area contributed by atoms with E-state index < -0.39 is 90.9 Å². The van der Waals surface area contributed by atoms with Gasteiger partial charge in [0.1, 0.15) is 34.5 Å². The van der Waals surface area contributed by atoms with Crippen LogP contribution >= 0.6 is 0 Å². The molecule has 0 saturated heterocycles. The predicted molar refractivity (Wildman–Crippen MR) is 246 cm³/mol. The Hall–Kier alpha value is -8.82. The number of aromatic nitrogens is 10. The largest absolute Gasteiger partial charge is 0.573 e. The molecule has 78 heavy (non-hydrogen) atoms. The van der Waals surface area contributed by atoms with Crippen LogP contribution in [-0.4, -0.2) is 79.9 Å². The van der Waals surface area contributed by atoms with Crippen molar-refractivity contribution in [2.24, 2.45) is 14.1 Å². The first-order valence-electron chi connectivity index (χ1n) is 21.6. The smallest absolute Gasteiger partial charge is 0.406 e. The number of nitrogens with one attached hydrogen (secondary N) is 2. The molecule has 10 rings (SSSR count). The minimum atomic E-state index is -4.99. The molecule has 2 aliphatic heterocycles. The number of hydrogen-bond donors (Lipinski definition) is 2. The van der Waals surface area contributed by atoms with Crippen LogP contribution in [0.5, 0.6) is 11.5 Å². The number of sulfonamides is 2. The highest BCUT2D eigenvalue weighted by Gasteiger charge is 2.40. The van der Waals surface area contributed by atoms with Crippen molar-refractivity contribution in [3.05, 3.63) is 132 Å². The highest BCUT2D eigenvalue weighted by atomic mass is 32.2. The summed E-state index contributed by atoms with van der Waals surface area (Å²) in [5.74, 6) is -1.59. The van der Waals surface area contributed by atoms with Crippen LogP contribution in [0.25, 0.3) is 22.8 Å². The van der Waals surface area contributed by atoms with E-state index in [9.17, 15) is 69.5 Å². The van der Waals surface area contributed by atoms with Gasteiger partial charge in [-0.2, -0.15) is 31.1 Å². The number of hydrogen-bond acceptors (Lipinski definition) is 16. The van der Waals surface area contributed by atoms with E-state index in [1.807, 2.05) is 0 Å². The van der Waals surface area contributed by atoms with Gasteiger partial charge >= 0.3 is 25.1 Å². The number of para-hydroxylation sites is 2. The second-order valence-corrected chi connectivity index (χ2v) is 20.1. The molecule has 0 amide bonds. The van der Waals surface area contributed by atoms with Gasteiger partial charge in [-0.25, -0.2) is 31.5 Å². The van der Waals surface area contributed by atoms with Crippen molar-refractivity contribution >= 4 is 54.4 Å². The van der Waals surface area contributed by atoms with Crippen LogP contribution in [0.1, 0.15) is 22.5 Å². The number of fused-ring (bicyclic) bond motifs is 4. The lowest BCUT2D eigenvalue weighted by Crippen LogP contribution is -2.31. The first-order chi connectivity index (χ1) is 36.5. The molecule has 0 saturated carbocycles. The maximum Gasteiger partial charge on any atom is 0.573 e. The summed E-state index contributed by atoms with van der Waals surface area (Å²) in [7, 11) is -6.10. The highest BCUT2D eigenvalue weighted by molar-refractivity contribution is 7.93. The number of ether oxygens (including phenoxy) is 2. The monoisotopic (exact) mass is 1140 g/mol. The number of alkyl halides is 12. The first kappa shape index (κ1) is 54.0. The summed E-state index contributed by atoms with van der Waals surface area (Å²) in [6, 6.07) is 19.5. The minimum Gasteiger partial charge on any atom is -0.406 e. The molecule has 0 bridgehead atoms. The summed E-state index contributed by atoms with van der Waals surface area (Å²) < 4.78 is 222. The van der Waals surface area contributed by atoms with E-state index in [4.69, 9.17) is 0 Å². The Balaban J connectivity index is 0.000000190. The maximum absolute atomic E-state index is 13.9. The number of benzene rings is 4. The molecule has 0 unspecified atom stereocenters. The number of nitrogens with zero attached hydrogens (tertiary/aromatic N) is 12. The predicted octanol–water partition coefficient (Wildman–Crippen LogP) is 9.28. The number of anilines is 6. The summed E-state index contributed by atoms with van der Waals surface area (Å²) in [4.78, 5) is 7.63. The van der Waals surface area contributed by atoms with Crippen LogP contribution < -0.4 is 28.7 Å². The molecule has 408 valence electrons. The maximum atomic E-state index is 13.9. The van der Waals surface area contributed by atoms with E-state index in [-0.39, 0.29) is 68.3 Å². The van der Waals surface area contributed by atoms with Crippen molar-refractivity contribution < 1.29 is 79.0 Å². The summed E-state index contributed by atoms with van der Waals surface area (Å²) in [5, 5.41) is 28.6. The van der Waals surface area contributed by atoms with Crippen LogP contribution in [0.3, 0.4) is 0 Å². The second kappa shape index (κ2) is 19.6. The summed E-state index contributed by atoms with van der Waals surface area (Å²) >= 11 is 0. The molecule has 0 radical (unpaired) electrons. The van der Waals surface area contributed by atoms with Crippen LogP contribution in [0, 0.1) is 0 Å². The standard InChI is InChI=1S/2C22H15F6N7O3S/c1-34-20(31-32-33-34)15-3-2-4-16-18(15)35(11-12-5-10-17(21(23,24)25)30-19(12)29-16)39(36,37)14-8-6-13(7-9-14)38-22(26,27)28;1-34-32-20(31-33-34)15-3-2-4-16-18(15)35(11-12-5-10-17(21(23,24)25)30-19(12)29-16)39(36,37)14-8-6-13(7-9-14)38-22(26,27)28/h2*2-10H,11H2,1H3,(H,29,30). The lowest BCUT2D eigenvalue weighted by molar-refractivity contribution is -0.275. The lowest BCUT2D eigenvalue weighted by Gasteiger charge is -2.26. The molecule has 0 atom stereocenters. The Morgan fingerprint density at radius 2 is 0.962 bits per heavy atom. The summed E-state index contributed by atoms with van der Waals surface area (Å²) in [6.45, 7) is -0.965. The molecule has 4 aromatic heterocycles. The van der Waals surface area contributed by atoms with E-state index in [0.717, 1.165) is 86.2 Å². The van der Waals surface area contributed by atoms with Gasteiger partial charge in [0.25, 0.3) is 20.0 Å². The van der Waals surface area contributed by atoms with E-state index in [2.05, 4.69) is 61.0 Å². The van der Waals surface area contributed by atoms with Gasteiger partial charge in [-0.3, -0.25) is 8.61 Å². The zero-order chi connectivity index (χ0) is 56.3. The molecule has 2 N–H and O–H groups in total. The Kier molecular flexibility index (Phi) is 13.6. The van der Waals surface area contributed by atoms with Gasteiger partial charge in [0.15, 0.2) is 5.82 Å². The number of pyridine rings is 2. The molecule has 0 fully saturated rings. The molecule has 0 aliphatic carbocycles. The van der Waals surface area contributed by atoms with Gasteiger partial charge in [0, 0.05) is 29.3 Å². The average Bonchev–Trinajstić information content (AvgIpc) is 4.04. The summed E-state index contributed by atoms with van der Waals surface area (Å²) in [5.41, 5.74) is -1.74. The van der Waals surface area contributed by atoms with E-state index in [1.54, 1.807) is 0 Å². The van der Waals surface area contributed by atoms with Gasteiger partial charge < -0.3 is 20.1 Å². The van der Waals surface area contributed by atoms with Crippen molar-refractivity contribution in [3.8, 4) is 34.3 Å². The van der Waals surface area contributed by atoms with Crippen LogP contribution in [0.15, 0.2) is 119 Å². The Morgan fingerprint density at radius 1 is 0.526 bits per heavy atom. The molecular weight excluding hydrogens is 1110 g/mol. The van der Waals surface area contributed by atoms with Crippen molar-refractivity contribution in [2.75, 3.05) is 19.2 Å². The van der Waals surface area contributed by atoms with Gasteiger partial charge in [0.05, 0.1) is 52.7 Å². The zero-order valence-electron chi connectivity index (χ0n) is 39.0. The third-order valence-electron chi connectivity index (χ3n) is 11.1. The SMILES string of the molecule is Cn1nnc(-c2cccc3c2N(S(=O)(=O)c2ccc(OC(F)(F)F)cc2)Cc2ccc(C(F)(F)F)nc2N3)n1.Cn1nnnc1-c1cccc2c1N(S(=O)(=O)c1ccc(OC(F)(F)F)cc1)Cc1ccc(C(F)(F)F)nc1N2. The van der Waals surface area contributed by atoms with Crippen LogP contribution in [0.2, 0.25) is 0 Å². The summed E-state index contributed by atoms with van der Waals surface area (Å²) in [6.07, 6.45) is -19.5. The van der Waals surface area contributed by atoms with Crippen molar-refractivity contribution in [1.29, 1.82) is 0 Å². The van der Waals surface area contributed by atoms with E-state index in [0.29, 0.717) is 0 Å². The van der Waals surface area contributed by atoms with Crippen molar-refractivity contribution in [1.82, 2.24) is 50.4 Å². The third-order valence-corrected chi connectivity index (χ3v) is 14.7. The molecule has 20 nitrogen and oxygen atoms in total. The molecule has 8 aromatic rings. The zero-order valence-corrected chi connectivity index (χ0v) is 40.6. The number of tetrazole rings is 2. The number of rotatable bonds is 8. The molecule has 34 heteroatoms. The number of aryl methyl sites for hydroxylation is 2. The van der Waals surface area contributed by atoms with Crippen LogP contribution in [-0.2, 0) is 59.6 Å². The first-order valence-corrected chi connectivity index (χ1v) is 24.5. The highest BCUT2D eigenvalue weighted by Crippen LogP contribution is 2.47. The Bertz CT molecular complexity index is 3800. The number of halogens is 12. The fourth-order valence-corrected chi connectivity index (χ4v) is 10.8. The molecule has 4 aromatic carbocycles. The Morgan fingerprint density at radius 3 is 1.35 bits per heavy atom.